The fraction of sp³-hybridized carbons (Fsp3) is 0.562. The Bertz CT molecular complexity index is 501. The van der Waals surface area contributed by atoms with E-state index in [4.69, 9.17) is 0 Å². The molecule has 3 nitrogen and oxygen atoms in total. The number of rotatable bonds is 2. The molecule has 2 N–H and O–H groups in total. The van der Waals surface area contributed by atoms with Crippen molar-refractivity contribution in [3.05, 3.63) is 28.8 Å². The second-order valence-corrected chi connectivity index (χ2v) is 5.87. The van der Waals surface area contributed by atoms with Gasteiger partial charge in [-0.2, -0.15) is 0 Å². The quantitative estimate of drug-likeness (QED) is 0.854. The molecule has 19 heavy (non-hydrogen) atoms. The number of phenols is 1. The number of hydrogen-bond acceptors (Lipinski definition) is 2. The van der Waals surface area contributed by atoms with E-state index in [2.05, 4.69) is 6.07 Å². The number of carboxylic acids is 1. The van der Waals surface area contributed by atoms with Gasteiger partial charge in [-0.3, -0.25) is 4.79 Å². The molecule has 1 saturated carbocycles. The topological polar surface area (TPSA) is 57.5 Å². The number of fused-ring (bicyclic) bond motifs is 1. The predicted octanol–water partition coefficient (Wildman–Crippen LogP) is 3.55. The first-order chi connectivity index (χ1) is 9.16. The molecule has 1 aromatic rings. The van der Waals surface area contributed by atoms with Crippen molar-refractivity contribution >= 4 is 5.97 Å². The maximum absolute atomic E-state index is 11.2. The maximum Gasteiger partial charge on any atom is 0.310 e. The highest BCUT2D eigenvalue weighted by Crippen LogP contribution is 2.42. The van der Waals surface area contributed by atoms with Crippen LogP contribution < -0.4 is 0 Å². The summed E-state index contributed by atoms with van der Waals surface area (Å²) in [5.74, 6) is -0.438. The van der Waals surface area contributed by atoms with Crippen LogP contribution in [0.1, 0.15) is 67.1 Å². The molecule has 3 rings (SSSR count). The molecule has 0 aromatic heterocycles. The van der Waals surface area contributed by atoms with Crippen LogP contribution in [0.15, 0.2) is 12.1 Å². The molecular weight excluding hydrogens is 240 g/mol. The molecule has 0 radical (unpaired) electrons. The van der Waals surface area contributed by atoms with Crippen molar-refractivity contribution < 1.29 is 15.0 Å². The summed E-state index contributed by atoms with van der Waals surface area (Å²) in [4.78, 5) is 11.2. The lowest BCUT2D eigenvalue weighted by atomic mass is 9.82. The van der Waals surface area contributed by atoms with Gasteiger partial charge in [0.15, 0.2) is 0 Å². The summed E-state index contributed by atoms with van der Waals surface area (Å²) in [6, 6.07) is 3.79. The summed E-state index contributed by atoms with van der Waals surface area (Å²) in [5.41, 5.74) is 3.00. The molecule has 0 saturated heterocycles. The fourth-order valence-corrected chi connectivity index (χ4v) is 3.66. The van der Waals surface area contributed by atoms with Crippen LogP contribution in [0.4, 0.5) is 0 Å². The third-order valence-electron chi connectivity index (χ3n) is 4.71. The van der Waals surface area contributed by atoms with E-state index in [-0.39, 0.29) is 0 Å². The Morgan fingerprint density at radius 3 is 2.47 bits per heavy atom. The molecular formula is C16H20O3. The van der Waals surface area contributed by atoms with Crippen LogP contribution >= 0.6 is 0 Å². The summed E-state index contributed by atoms with van der Waals surface area (Å²) in [6.45, 7) is 0. The normalized spacial score (nSPS) is 23.3. The lowest BCUT2D eigenvalue weighted by molar-refractivity contribution is -0.138. The van der Waals surface area contributed by atoms with Gasteiger partial charge in [0.1, 0.15) is 5.75 Å². The van der Waals surface area contributed by atoms with Gasteiger partial charge in [-0.25, -0.2) is 0 Å². The molecule has 3 heteroatoms. The Morgan fingerprint density at radius 2 is 1.79 bits per heavy atom. The average Bonchev–Trinajstić information content (AvgIpc) is 2.81. The van der Waals surface area contributed by atoms with Gasteiger partial charge in [0.05, 0.1) is 5.92 Å². The number of aromatic hydroxyl groups is 1. The monoisotopic (exact) mass is 260 g/mol. The Morgan fingerprint density at radius 1 is 1.05 bits per heavy atom. The zero-order valence-corrected chi connectivity index (χ0v) is 11.1. The van der Waals surface area contributed by atoms with Crippen LogP contribution in [-0.4, -0.2) is 16.2 Å². The van der Waals surface area contributed by atoms with Gasteiger partial charge >= 0.3 is 5.97 Å². The van der Waals surface area contributed by atoms with Crippen LogP contribution in [0.3, 0.4) is 0 Å². The Hall–Kier alpha value is -1.51. The Kier molecular flexibility index (Phi) is 3.21. The number of aryl methyl sites for hydroxylation is 1. The number of aliphatic carboxylic acids is 1. The first-order valence-electron chi connectivity index (χ1n) is 7.25. The summed E-state index contributed by atoms with van der Waals surface area (Å²) in [7, 11) is 0. The van der Waals surface area contributed by atoms with Crippen LogP contribution in [0.25, 0.3) is 0 Å². The second-order valence-electron chi connectivity index (χ2n) is 5.87. The Balaban J connectivity index is 1.94. The highest BCUT2D eigenvalue weighted by atomic mass is 16.4. The molecule has 0 amide bonds. The van der Waals surface area contributed by atoms with Crippen molar-refractivity contribution in [1.29, 1.82) is 0 Å². The summed E-state index contributed by atoms with van der Waals surface area (Å²) < 4.78 is 0. The van der Waals surface area contributed by atoms with Gasteiger partial charge in [-0.1, -0.05) is 25.3 Å². The van der Waals surface area contributed by atoms with Gasteiger partial charge in [0.2, 0.25) is 0 Å². The third-order valence-corrected chi connectivity index (χ3v) is 4.71. The number of hydrogen-bond donors (Lipinski definition) is 2. The van der Waals surface area contributed by atoms with Crippen LogP contribution in [0.2, 0.25) is 0 Å². The number of carboxylic acid groups (broad SMARTS) is 1. The fourth-order valence-electron chi connectivity index (χ4n) is 3.66. The molecule has 1 fully saturated rings. The molecule has 0 spiro atoms. The number of benzene rings is 1. The summed E-state index contributed by atoms with van der Waals surface area (Å²) in [5, 5.41) is 19.4. The Labute approximate surface area is 113 Å². The van der Waals surface area contributed by atoms with E-state index in [0.29, 0.717) is 18.1 Å². The standard InChI is InChI=1S/C16H20O3/c17-15-9-13-11(6-7-12(13)16(18)19)8-14(15)10-4-2-1-3-5-10/h8-10,12,17H,1-7H2,(H,18,19)/t12-/m0/s1. The molecule has 2 aliphatic rings. The van der Waals surface area contributed by atoms with E-state index in [1.165, 1.54) is 19.3 Å². The van der Waals surface area contributed by atoms with E-state index < -0.39 is 11.9 Å². The van der Waals surface area contributed by atoms with E-state index in [0.717, 1.165) is 36.0 Å². The minimum atomic E-state index is -0.774. The average molecular weight is 260 g/mol. The maximum atomic E-state index is 11.2. The minimum Gasteiger partial charge on any atom is -0.508 e. The number of phenolic OH excluding ortho intramolecular Hbond substituents is 1. The zero-order valence-electron chi connectivity index (χ0n) is 11.1. The summed E-state index contributed by atoms with van der Waals surface area (Å²) in [6.07, 6.45) is 7.55. The van der Waals surface area contributed by atoms with Crippen LogP contribution in [-0.2, 0) is 11.2 Å². The van der Waals surface area contributed by atoms with Gasteiger partial charge in [0, 0.05) is 0 Å². The smallest absolute Gasteiger partial charge is 0.310 e. The molecule has 1 aromatic carbocycles. The molecule has 0 aliphatic heterocycles. The zero-order chi connectivity index (χ0) is 13.4. The molecule has 102 valence electrons. The second kappa shape index (κ2) is 4.87. The third kappa shape index (κ3) is 2.22. The predicted molar refractivity (Wildman–Crippen MR) is 72.6 cm³/mol. The highest BCUT2D eigenvalue weighted by Gasteiger charge is 2.30. The van der Waals surface area contributed by atoms with Crippen molar-refractivity contribution in [3.8, 4) is 5.75 Å². The highest BCUT2D eigenvalue weighted by molar-refractivity contribution is 5.78. The molecule has 2 aliphatic carbocycles. The molecule has 0 heterocycles. The molecule has 0 unspecified atom stereocenters. The van der Waals surface area contributed by atoms with Crippen molar-refractivity contribution in [1.82, 2.24) is 0 Å². The lowest BCUT2D eigenvalue weighted by Crippen LogP contribution is -2.09. The van der Waals surface area contributed by atoms with Gasteiger partial charge in [-0.15, -0.1) is 0 Å². The van der Waals surface area contributed by atoms with Gasteiger partial charge < -0.3 is 10.2 Å². The van der Waals surface area contributed by atoms with Crippen LogP contribution in [0.5, 0.6) is 5.75 Å². The van der Waals surface area contributed by atoms with E-state index in [9.17, 15) is 15.0 Å². The van der Waals surface area contributed by atoms with Gasteiger partial charge in [-0.05, 0) is 54.4 Å². The summed E-state index contributed by atoms with van der Waals surface area (Å²) >= 11 is 0. The first-order valence-corrected chi connectivity index (χ1v) is 7.25. The van der Waals surface area contributed by atoms with Crippen molar-refractivity contribution in [3.63, 3.8) is 0 Å². The van der Waals surface area contributed by atoms with E-state index in [1.807, 2.05) is 0 Å². The minimum absolute atomic E-state index is 0.304. The molecule has 0 bridgehead atoms. The number of carbonyl (C=O) groups is 1. The first kappa shape index (κ1) is 12.5. The van der Waals surface area contributed by atoms with E-state index in [1.54, 1.807) is 6.07 Å². The SMILES string of the molecule is O=C(O)[C@H]1CCc2cc(C3CCCCC3)c(O)cc21. The van der Waals surface area contributed by atoms with Crippen molar-refractivity contribution in [2.24, 2.45) is 0 Å². The van der Waals surface area contributed by atoms with Gasteiger partial charge in [0.25, 0.3) is 0 Å². The van der Waals surface area contributed by atoms with E-state index >= 15 is 0 Å². The largest absolute Gasteiger partial charge is 0.508 e. The lowest BCUT2D eigenvalue weighted by Gasteiger charge is -2.23. The van der Waals surface area contributed by atoms with Crippen LogP contribution in [0, 0.1) is 0 Å². The van der Waals surface area contributed by atoms with Crippen molar-refractivity contribution in [2.75, 3.05) is 0 Å². The van der Waals surface area contributed by atoms with Crippen molar-refractivity contribution in [2.45, 2.75) is 56.8 Å². The molecule has 1 atom stereocenters.